The number of likely N-dealkylation sites (tertiary alicyclic amines) is 1. The number of alkyl halides is 3. The minimum Gasteiger partial charge on any atom is -0.385 e. The molecule has 1 fully saturated rings. The summed E-state index contributed by atoms with van der Waals surface area (Å²) in [4.78, 5) is 13.9. The summed E-state index contributed by atoms with van der Waals surface area (Å²) in [6.07, 6.45) is 2.56. The number of halogens is 3. The summed E-state index contributed by atoms with van der Waals surface area (Å²) in [5, 5.41) is 13.7. The van der Waals surface area contributed by atoms with E-state index in [0.29, 0.717) is 19.6 Å². The topological polar surface area (TPSA) is 52.6 Å². The number of allylic oxidation sites excluding steroid dienone is 1. The second-order valence-corrected chi connectivity index (χ2v) is 7.36. The van der Waals surface area contributed by atoms with Gasteiger partial charge in [0.25, 0.3) is 0 Å². The number of aliphatic hydroxyl groups is 1. The maximum absolute atomic E-state index is 12.9. The first kappa shape index (κ1) is 19.7. The first-order valence-corrected chi connectivity index (χ1v) is 9.39. The SMILES string of the molecule is O=C(NCC1=CCCCC1)N1CCC(O)(c2cccc(C(F)(F)F)c2)CC1. The Morgan fingerprint density at radius 2 is 1.96 bits per heavy atom. The average Bonchev–Trinajstić information content (AvgIpc) is 2.67. The largest absolute Gasteiger partial charge is 0.416 e. The molecule has 0 unspecified atom stereocenters. The predicted molar refractivity (Wildman–Crippen MR) is 96.1 cm³/mol. The van der Waals surface area contributed by atoms with Crippen molar-refractivity contribution in [2.24, 2.45) is 0 Å². The smallest absolute Gasteiger partial charge is 0.385 e. The highest BCUT2D eigenvalue weighted by molar-refractivity contribution is 5.74. The summed E-state index contributed by atoms with van der Waals surface area (Å²) < 4.78 is 38.8. The maximum atomic E-state index is 12.9. The van der Waals surface area contributed by atoms with Crippen molar-refractivity contribution in [3.8, 4) is 0 Å². The third kappa shape index (κ3) is 4.83. The number of urea groups is 1. The molecule has 1 aromatic rings. The lowest BCUT2D eigenvalue weighted by Gasteiger charge is -2.38. The first-order valence-electron chi connectivity index (χ1n) is 9.39. The van der Waals surface area contributed by atoms with E-state index < -0.39 is 17.3 Å². The Morgan fingerprint density at radius 3 is 2.59 bits per heavy atom. The molecule has 0 aromatic heterocycles. The van der Waals surface area contributed by atoms with E-state index in [2.05, 4.69) is 11.4 Å². The van der Waals surface area contributed by atoms with Crippen molar-refractivity contribution in [2.75, 3.05) is 19.6 Å². The molecule has 2 amide bonds. The number of rotatable bonds is 3. The third-order valence-electron chi connectivity index (χ3n) is 5.46. The summed E-state index contributed by atoms with van der Waals surface area (Å²) >= 11 is 0. The minimum absolute atomic E-state index is 0.187. The lowest BCUT2D eigenvalue weighted by Crippen LogP contribution is -2.49. The zero-order chi connectivity index (χ0) is 19.5. The first-order chi connectivity index (χ1) is 12.8. The number of piperidine rings is 1. The third-order valence-corrected chi connectivity index (χ3v) is 5.46. The number of benzene rings is 1. The van der Waals surface area contributed by atoms with Crippen LogP contribution >= 0.6 is 0 Å². The van der Waals surface area contributed by atoms with Crippen LogP contribution in [0.2, 0.25) is 0 Å². The molecular formula is C20H25F3N2O2. The molecule has 4 nitrogen and oxygen atoms in total. The molecule has 1 aromatic carbocycles. The van der Waals surface area contributed by atoms with Gasteiger partial charge in [-0.05, 0) is 56.2 Å². The molecule has 0 spiro atoms. The van der Waals surface area contributed by atoms with E-state index in [-0.39, 0.29) is 24.4 Å². The van der Waals surface area contributed by atoms with Crippen molar-refractivity contribution in [1.29, 1.82) is 0 Å². The normalized spacial score (nSPS) is 20.1. The molecule has 0 bridgehead atoms. The number of hydrogen-bond donors (Lipinski definition) is 2. The fourth-order valence-electron chi connectivity index (χ4n) is 3.72. The van der Waals surface area contributed by atoms with E-state index >= 15 is 0 Å². The average molecular weight is 382 g/mol. The Labute approximate surface area is 157 Å². The summed E-state index contributed by atoms with van der Waals surface area (Å²) in [5.74, 6) is 0. The zero-order valence-corrected chi connectivity index (χ0v) is 15.2. The highest BCUT2D eigenvalue weighted by atomic mass is 19.4. The monoisotopic (exact) mass is 382 g/mol. The fraction of sp³-hybridized carbons (Fsp3) is 0.550. The van der Waals surface area contributed by atoms with Crippen molar-refractivity contribution < 1.29 is 23.1 Å². The quantitative estimate of drug-likeness (QED) is 0.770. The van der Waals surface area contributed by atoms with Crippen LogP contribution in [0.15, 0.2) is 35.9 Å². The van der Waals surface area contributed by atoms with Gasteiger partial charge in [-0.3, -0.25) is 0 Å². The Hall–Kier alpha value is -2.02. The van der Waals surface area contributed by atoms with Gasteiger partial charge in [0.1, 0.15) is 0 Å². The van der Waals surface area contributed by atoms with Crippen LogP contribution in [0, 0.1) is 0 Å². The maximum Gasteiger partial charge on any atom is 0.416 e. The van der Waals surface area contributed by atoms with Gasteiger partial charge in [0.15, 0.2) is 0 Å². The number of nitrogens with one attached hydrogen (secondary N) is 1. The van der Waals surface area contributed by atoms with Gasteiger partial charge in [0.05, 0.1) is 11.2 Å². The fourth-order valence-corrected chi connectivity index (χ4v) is 3.72. The molecule has 1 heterocycles. The van der Waals surface area contributed by atoms with E-state index in [4.69, 9.17) is 0 Å². The van der Waals surface area contributed by atoms with Crippen molar-refractivity contribution in [2.45, 2.75) is 50.3 Å². The lowest BCUT2D eigenvalue weighted by atomic mass is 9.84. The molecule has 0 saturated carbocycles. The Bertz CT molecular complexity index is 707. The van der Waals surface area contributed by atoms with Gasteiger partial charge in [-0.15, -0.1) is 0 Å². The molecular weight excluding hydrogens is 357 g/mol. The predicted octanol–water partition coefficient (Wildman–Crippen LogP) is 4.20. The Kier molecular flexibility index (Phi) is 5.79. The van der Waals surface area contributed by atoms with Gasteiger partial charge < -0.3 is 15.3 Å². The van der Waals surface area contributed by atoms with Crippen LogP contribution in [-0.2, 0) is 11.8 Å². The molecule has 1 aliphatic carbocycles. The van der Waals surface area contributed by atoms with Gasteiger partial charge in [0, 0.05) is 19.6 Å². The van der Waals surface area contributed by atoms with Crippen molar-refractivity contribution in [3.63, 3.8) is 0 Å². The second kappa shape index (κ2) is 7.92. The molecule has 0 radical (unpaired) electrons. The molecule has 27 heavy (non-hydrogen) atoms. The summed E-state index contributed by atoms with van der Waals surface area (Å²) in [5.41, 5.74) is -0.615. The van der Waals surface area contributed by atoms with Crippen LogP contribution in [0.5, 0.6) is 0 Å². The Balaban J connectivity index is 1.57. The Morgan fingerprint density at radius 1 is 1.22 bits per heavy atom. The molecule has 2 aliphatic rings. The molecule has 3 rings (SSSR count). The minimum atomic E-state index is -4.44. The van der Waals surface area contributed by atoms with Crippen LogP contribution in [-0.4, -0.2) is 35.7 Å². The molecule has 1 aliphatic heterocycles. The van der Waals surface area contributed by atoms with Gasteiger partial charge in [-0.2, -0.15) is 13.2 Å². The number of nitrogens with zero attached hydrogens (tertiary/aromatic N) is 1. The highest BCUT2D eigenvalue weighted by Crippen LogP contribution is 2.36. The zero-order valence-electron chi connectivity index (χ0n) is 15.2. The molecule has 0 atom stereocenters. The van der Waals surface area contributed by atoms with Gasteiger partial charge in [-0.25, -0.2) is 4.79 Å². The molecule has 148 valence electrons. The number of hydrogen-bond acceptors (Lipinski definition) is 2. The molecule has 7 heteroatoms. The lowest BCUT2D eigenvalue weighted by molar-refractivity contribution is -0.137. The van der Waals surface area contributed by atoms with Gasteiger partial charge >= 0.3 is 12.2 Å². The summed E-state index contributed by atoms with van der Waals surface area (Å²) in [6.45, 7) is 1.14. The van der Waals surface area contributed by atoms with E-state index in [1.54, 1.807) is 4.90 Å². The van der Waals surface area contributed by atoms with Crippen molar-refractivity contribution in [3.05, 3.63) is 47.0 Å². The van der Waals surface area contributed by atoms with E-state index in [9.17, 15) is 23.1 Å². The van der Waals surface area contributed by atoms with Crippen LogP contribution < -0.4 is 5.32 Å². The van der Waals surface area contributed by atoms with Crippen LogP contribution in [0.1, 0.15) is 49.7 Å². The summed E-state index contributed by atoms with van der Waals surface area (Å²) in [6, 6.07) is 4.64. The summed E-state index contributed by atoms with van der Waals surface area (Å²) in [7, 11) is 0. The standard InChI is InChI=1S/C20H25F3N2O2/c21-20(22,23)17-8-4-7-16(13-17)19(27)9-11-25(12-10-19)18(26)24-14-15-5-2-1-3-6-15/h4-5,7-8,13,27H,1-3,6,9-12,14H2,(H,24,26). The van der Waals surface area contributed by atoms with Crippen LogP contribution in [0.25, 0.3) is 0 Å². The van der Waals surface area contributed by atoms with Gasteiger partial charge in [0.2, 0.25) is 0 Å². The van der Waals surface area contributed by atoms with Gasteiger partial charge in [-0.1, -0.05) is 23.8 Å². The second-order valence-electron chi connectivity index (χ2n) is 7.36. The van der Waals surface area contributed by atoms with E-state index in [1.165, 1.54) is 24.1 Å². The number of carbonyl (C=O) groups excluding carboxylic acids is 1. The van der Waals surface area contributed by atoms with Crippen molar-refractivity contribution in [1.82, 2.24) is 10.2 Å². The van der Waals surface area contributed by atoms with Crippen LogP contribution in [0.4, 0.5) is 18.0 Å². The van der Waals surface area contributed by atoms with Crippen molar-refractivity contribution >= 4 is 6.03 Å². The number of amides is 2. The van der Waals surface area contributed by atoms with E-state index in [1.807, 2.05) is 0 Å². The van der Waals surface area contributed by atoms with E-state index in [0.717, 1.165) is 31.4 Å². The molecule has 2 N–H and O–H groups in total. The highest BCUT2D eigenvalue weighted by Gasteiger charge is 2.37. The molecule has 1 saturated heterocycles. The number of carbonyl (C=O) groups is 1. The van der Waals surface area contributed by atoms with Crippen LogP contribution in [0.3, 0.4) is 0 Å².